The van der Waals surface area contributed by atoms with Gasteiger partial charge in [-0.25, -0.2) is 0 Å². The summed E-state index contributed by atoms with van der Waals surface area (Å²) >= 11 is 0. The van der Waals surface area contributed by atoms with Crippen molar-refractivity contribution in [1.29, 1.82) is 0 Å². The molecule has 80 valence electrons. The van der Waals surface area contributed by atoms with Crippen LogP contribution in [0.5, 0.6) is 5.75 Å². The molecule has 0 aromatic heterocycles. The van der Waals surface area contributed by atoms with Gasteiger partial charge in [0, 0.05) is 6.08 Å². The first kappa shape index (κ1) is 11.3. The number of methoxy groups -OCH3 is 1. The van der Waals surface area contributed by atoms with E-state index in [9.17, 15) is 4.79 Å². The molecule has 1 amide bonds. The van der Waals surface area contributed by atoms with Crippen molar-refractivity contribution < 1.29 is 9.53 Å². The van der Waals surface area contributed by atoms with Gasteiger partial charge in [0.1, 0.15) is 5.75 Å². The standard InChI is InChI=1S/C12H15NO2/c1-8-9(2)11(15-3)6-4-10(8)5-7-12(13)14/h4-7H,1-3H3,(H2,13,14). The predicted octanol–water partition coefficient (Wildman–Crippen LogP) is 1.81. The highest BCUT2D eigenvalue weighted by Gasteiger charge is 2.04. The Morgan fingerprint density at radius 3 is 2.53 bits per heavy atom. The zero-order chi connectivity index (χ0) is 11.4. The van der Waals surface area contributed by atoms with Crippen molar-refractivity contribution in [3.8, 4) is 5.75 Å². The van der Waals surface area contributed by atoms with Crippen molar-refractivity contribution in [2.75, 3.05) is 7.11 Å². The Bertz CT molecular complexity index is 408. The van der Waals surface area contributed by atoms with Gasteiger partial charge in [-0.2, -0.15) is 0 Å². The molecule has 0 saturated heterocycles. The summed E-state index contributed by atoms with van der Waals surface area (Å²) in [5.74, 6) is 0.409. The lowest BCUT2D eigenvalue weighted by atomic mass is 10.0. The average molecular weight is 205 g/mol. The van der Waals surface area contributed by atoms with Crippen LogP contribution >= 0.6 is 0 Å². The van der Waals surface area contributed by atoms with Crippen LogP contribution in [0.3, 0.4) is 0 Å². The molecule has 3 nitrogen and oxygen atoms in total. The number of carbonyl (C=O) groups is 1. The van der Waals surface area contributed by atoms with Gasteiger partial charge < -0.3 is 10.5 Å². The molecular formula is C12H15NO2. The smallest absolute Gasteiger partial charge is 0.241 e. The van der Waals surface area contributed by atoms with Crippen LogP contribution in [-0.2, 0) is 4.79 Å². The summed E-state index contributed by atoms with van der Waals surface area (Å²) in [5, 5.41) is 0. The van der Waals surface area contributed by atoms with Crippen molar-refractivity contribution in [2.45, 2.75) is 13.8 Å². The number of nitrogens with two attached hydrogens (primary N) is 1. The number of ether oxygens (including phenoxy) is 1. The van der Waals surface area contributed by atoms with Gasteiger partial charge >= 0.3 is 0 Å². The van der Waals surface area contributed by atoms with Crippen LogP contribution in [0.25, 0.3) is 6.08 Å². The van der Waals surface area contributed by atoms with Crippen molar-refractivity contribution in [3.05, 3.63) is 34.9 Å². The maximum Gasteiger partial charge on any atom is 0.241 e. The lowest BCUT2D eigenvalue weighted by Gasteiger charge is -2.09. The minimum Gasteiger partial charge on any atom is -0.496 e. The molecule has 0 fully saturated rings. The van der Waals surface area contributed by atoms with E-state index >= 15 is 0 Å². The maximum absolute atomic E-state index is 10.6. The number of hydrogen-bond acceptors (Lipinski definition) is 2. The van der Waals surface area contributed by atoms with E-state index in [4.69, 9.17) is 10.5 Å². The fraction of sp³-hybridized carbons (Fsp3) is 0.250. The monoisotopic (exact) mass is 205 g/mol. The number of benzene rings is 1. The minimum absolute atomic E-state index is 0.442. The molecule has 0 bridgehead atoms. The second-order valence-corrected chi connectivity index (χ2v) is 3.34. The van der Waals surface area contributed by atoms with E-state index in [1.807, 2.05) is 26.0 Å². The topological polar surface area (TPSA) is 52.3 Å². The van der Waals surface area contributed by atoms with E-state index in [0.717, 1.165) is 22.4 Å². The second-order valence-electron chi connectivity index (χ2n) is 3.34. The van der Waals surface area contributed by atoms with Gasteiger partial charge in [-0.15, -0.1) is 0 Å². The summed E-state index contributed by atoms with van der Waals surface area (Å²) in [5.41, 5.74) is 8.18. The van der Waals surface area contributed by atoms with E-state index in [1.165, 1.54) is 6.08 Å². The van der Waals surface area contributed by atoms with Gasteiger partial charge in [0.15, 0.2) is 0 Å². The highest BCUT2D eigenvalue weighted by Crippen LogP contribution is 2.24. The van der Waals surface area contributed by atoms with Gasteiger partial charge in [0.2, 0.25) is 5.91 Å². The molecule has 0 saturated carbocycles. The summed E-state index contributed by atoms with van der Waals surface area (Å²) in [7, 11) is 1.64. The Labute approximate surface area is 89.5 Å². The molecule has 1 aromatic carbocycles. The van der Waals surface area contributed by atoms with E-state index in [0.29, 0.717) is 0 Å². The highest BCUT2D eigenvalue weighted by molar-refractivity contribution is 5.90. The quantitative estimate of drug-likeness (QED) is 0.765. The van der Waals surface area contributed by atoms with Crippen LogP contribution in [-0.4, -0.2) is 13.0 Å². The molecule has 0 atom stereocenters. The molecule has 1 aromatic rings. The third-order valence-electron chi connectivity index (χ3n) is 2.43. The Hall–Kier alpha value is -1.77. The lowest BCUT2D eigenvalue weighted by molar-refractivity contribution is -0.113. The Balaban J connectivity index is 3.12. The molecular weight excluding hydrogens is 190 g/mol. The maximum atomic E-state index is 10.6. The third kappa shape index (κ3) is 2.59. The summed E-state index contributed by atoms with van der Waals surface area (Å²) < 4.78 is 5.19. The SMILES string of the molecule is COc1ccc(C=CC(N)=O)c(C)c1C. The van der Waals surface area contributed by atoms with Gasteiger partial charge in [-0.1, -0.05) is 6.07 Å². The Kier molecular flexibility index (Phi) is 3.50. The number of hydrogen-bond donors (Lipinski definition) is 1. The van der Waals surface area contributed by atoms with Crippen LogP contribution < -0.4 is 10.5 Å². The van der Waals surface area contributed by atoms with Crippen molar-refractivity contribution in [3.63, 3.8) is 0 Å². The van der Waals surface area contributed by atoms with Crippen LogP contribution in [0, 0.1) is 13.8 Å². The summed E-state index contributed by atoms with van der Waals surface area (Å²) in [6.07, 6.45) is 3.07. The average Bonchev–Trinajstić information content (AvgIpc) is 2.20. The molecule has 0 spiro atoms. The van der Waals surface area contributed by atoms with Crippen molar-refractivity contribution in [2.24, 2.45) is 5.73 Å². The van der Waals surface area contributed by atoms with E-state index in [2.05, 4.69) is 0 Å². The minimum atomic E-state index is -0.442. The van der Waals surface area contributed by atoms with Crippen LogP contribution in [0.15, 0.2) is 18.2 Å². The van der Waals surface area contributed by atoms with Gasteiger partial charge in [-0.05, 0) is 42.7 Å². The lowest BCUT2D eigenvalue weighted by Crippen LogP contribution is -2.05. The van der Waals surface area contributed by atoms with Crippen molar-refractivity contribution >= 4 is 12.0 Å². The van der Waals surface area contributed by atoms with E-state index < -0.39 is 5.91 Å². The number of amides is 1. The van der Waals surface area contributed by atoms with Crippen LogP contribution in [0.1, 0.15) is 16.7 Å². The van der Waals surface area contributed by atoms with Crippen molar-refractivity contribution in [1.82, 2.24) is 0 Å². The van der Waals surface area contributed by atoms with E-state index in [1.54, 1.807) is 13.2 Å². The van der Waals surface area contributed by atoms with E-state index in [-0.39, 0.29) is 0 Å². The third-order valence-corrected chi connectivity index (χ3v) is 2.43. The number of carbonyl (C=O) groups excluding carboxylic acids is 1. The molecule has 0 heterocycles. The van der Waals surface area contributed by atoms with Gasteiger partial charge in [0.05, 0.1) is 7.11 Å². The summed E-state index contributed by atoms with van der Waals surface area (Å²) in [6, 6.07) is 3.78. The molecule has 0 unspecified atom stereocenters. The Morgan fingerprint density at radius 1 is 1.33 bits per heavy atom. The first-order valence-corrected chi connectivity index (χ1v) is 4.68. The predicted molar refractivity (Wildman–Crippen MR) is 60.7 cm³/mol. The number of primary amides is 1. The summed E-state index contributed by atoms with van der Waals surface area (Å²) in [4.78, 5) is 10.6. The molecule has 0 aliphatic heterocycles. The normalized spacial score (nSPS) is 10.6. The van der Waals surface area contributed by atoms with Gasteiger partial charge in [0.25, 0.3) is 0 Å². The molecule has 0 aliphatic rings. The zero-order valence-electron chi connectivity index (χ0n) is 9.20. The van der Waals surface area contributed by atoms with Gasteiger partial charge in [-0.3, -0.25) is 4.79 Å². The molecule has 15 heavy (non-hydrogen) atoms. The highest BCUT2D eigenvalue weighted by atomic mass is 16.5. The molecule has 2 N–H and O–H groups in total. The first-order chi connectivity index (χ1) is 7.06. The largest absolute Gasteiger partial charge is 0.496 e. The Morgan fingerprint density at radius 2 is 2.00 bits per heavy atom. The first-order valence-electron chi connectivity index (χ1n) is 4.68. The molecule has 3 heteroatoms. The second kappa shape index (κ2) is 4.64. The van der Waals surface area contributed by atoms with Crippen LogP contribution in [0.4, 0.5) is 0 Å². The fourth-order valence-electron chi connectivity index (χ4n) is 1.39. The number of rotatable bonds is 3. The molecule has 0 radical (unpaired) electrons. The molecule has 0 aliphatic carbocycles. The van der Waals surface area contributed by atoms with Crippen LogP contribution in [0.2, 0.25) is 0 Å². The molecule has 1 rings (SSSR count). The summed E-state index contributed by atoms with van der Waals surface area (Å²) in [6.45, 7) is 3.97. The zero-order valence-corrected chi connectivity index (χ0v) is 9.20. The fourth-order valence-corrected chi connectivity index (χ4v) is 1.39.